The average molecular weight is 434 g/mol. The van der Waals surface area contributed by atoms with Gasteiger partial charge in [0.25, 0.3) is 5.56 Å². The van der Waals surface area contributed by atoms with Crippen molar-refractivity contribution in [2.24, 2.45) is 10.9 Å². The van der Waals surface area contributed by atoms with E-state index in [1.165, 1.54) is 6.21 Å². The Morgan fingerprint density at radius 1 is 1.38 bits per heavy atom. The van der Waals surface area contributed by atoms with Crippen molar-refractivity contribution in [1.29, 1.82) is 0 Å². The van der Waals surface area contributed by atoms with Gasteiger partial charge in [0.1, 0.15) is 6.61 Å². The van der Waals surface area contributed by atoms with Crippen LogP contribution in [0.3, 0.4) is 0 Å². The molecule has 0 amide bonds. The molecule has 0 radical (unpaired) electrons. The number of esters is 1. The van der Waals surface area contributed by atoms with Gasteiger partial charge in [-0.1, -0.05) is 30.3 Å². The van der Waals surface area contributed by atoms with Crippen molar-refractivity contribution >= 4 is 23.1 Å². The summed E-state index contributed by atoms with van der Waals surface area (Å²) >= 11 is 0. The average Bonchev–Trinajstić information content (AvgIpc) is 3.16. The quantitative estimate of drug-likeness (QED) is 0.211. The second-order valence-corrected chi connectivity index (χ2v) is 7.85. The third-order valence-electron chi connectivity index (χ3n) is 6.00. The van der Waals surface area contributed by atoms with E-state index in [1.807, 2.05) is 30.3 Å². The molecule has 1 aromatic carbocycles. The maximum Gasteiger partial charge on any atom is 0.343 e. The number of carbonyl (C=O) groups is 1. The van der Waals surface area contributed by atoms with Crippen LogP contribution in [0.25, 0.3) is 22.3 Å². The van der Waals surface area contributed by atoms with Crippen LogP contribution >= 0.6 is 0 Å². The van der Waals surface area contributed by atoms with Crippen molar-refractivity contribution in [2.45, 2.75) is 31.6 Å². The van der Waals surface area contributed by atoms with Crippen LogP contribution in [0.1, 0.15) is 36.1 Å². The number of pyridine rings is 2. The lowest BCUT2D eigenvalue weighted by Gasteiger charge is -2.34. The summed E-state index contributed by atoms with van der Waals surface area (Å²) in [6.45, 7) is 2.44. The molecule has 0 saturated carbocycles. The smallest absolute Gasteiger partial charge is 0.343 e. The second kappa shape index (κ2) is 7.54. The Morgan fingerprint density at radius 3 is 2.97 bits per heavy atom. The molecular formula is C23H22N4O5. The number of fused-ring (bicyclic) bond motifs is 5. The summed E-state index contributed by atoms with van der Waals surface area (Å²) in [5.74, 6) is -0.836. The van der Waals surface area contributed by atoms with Gasteiger partial charge in [0.05, 0.1) is 35.2 Å². The molecule has 0 saturated heterocycles. The van der Waals surface area contributed by atoms with Crippen LogP contribution in [0, 0.1) is 0 Å². The SMILES string of the molecule is CC[C@@]1(O)C(=O)OC(/C=N/OCCN)c2c1cc1n(c2=O)Cc2cc3ccccc3nc2-1. The van der Waals surface area contributed by atoms with Crippen molar-refractivity contribution in [1.82, 2.24) is 9.55 Å². The summed E-state index contributed by atoms with van der Waals surface area (Å²) in [4.78, 5) is 36.1. The highest BCUT2D eigenvalue weighted by atomic mass is 16.6. The lowest BCUT2D eigenvalue weighted by atomic mass is 9.83. The molecule has 1 unspecified atom stereocenters. The highest BCUT2D eigenvalue weighted by Gasteiger charge is 2.48. The zero-order chi connectivity index (χ0) is 22.5. The number of carbonyl (C=O) groups excluding carboxylic acids is 1. The summed E-state index contributed by atoms with van der Waals surface area (Å²) in [7, 11) is 0. The first-order valence-electron chi connectivity index (χ1n) is 10.4. The van der Waals surface area contributed by atoms with Gasteiger partial charge in [-0.3, -0.25) is 4.79 Å². The second-order valence-electron chi connectivity index (χ2n) is 7.85. The van der Waals surface area contributed by atoms with Gasteiger partial charge < -0.3 is 25.0 Å². The van der Waals surface area contributed by atoms with Gasteiger partial charge in [0, 0.05) is 23.1 Å². The minimum absolute atomic E-state index is 0.0489. The number of nitrogens with zero attached hydrogens (tertiary/aromatic N) is 3. The molecule has 0 fully saturated rings. The number of ether oxygens (including phenoxy) is 1. The van der Waals surface area contributed by atoms with Crippen molar-refractivity contribution in [3.05, 3.63) is 63.4 Å². The number of cyclic esters (lactones) is 1. The minimum Gasteiger partial charge on any atom is -0.449 e. The molecule has 9 heteroatoms. The predicted molar refractivity (Wildman–Crippen MR) is 117 cm³/mol. The minimum atomic E-state index is -1.94. The summed E-state index contributed by atoms with van der Waals surface area (Å²) in [5, 5.41) is 15.9. The number of nitrogens with two attached hydrogens (primary N) is 1. The van der Waals surface area contributed by atoms with Crippen LogP contribution in [0.5, 0.6) is 0 Å². The highest BCUT2D eigenvalue weighted by molar-refractivity contribution is 5.89. The van der Waals surface area contributed by atoms with E-state index in [9.17, 15) is 14.7 Å². The van der Waals surface area contributed by atoms with Crippen molar-refractivity contribution in [3.63, 3.8) is 0 Å². The van der Waals surface area contributed by atoms with Gasteiger partial charge in [0.15, 0.2) is 11.7 Å². The molecule has 0 bridgehead atoms. The number of hydrogen-bond donors (Lipinski definition) is 2. The highest BCUT2D eigenvalue weighted by Crippen LogP contribution is 2.41. The number of para-hydroxylation sites is 1. The van der Waals surface area contributed by atoms with Gasteiger partial charge in [-0.05, 0) is 24.6 Å². The number of benzene rings is 1. The van der Waals surface area contributed by atoms with Gasteiger partial charge in [-0.2, -0.15) is 0 Å². The first-order valence-corrected chi connectivity index (χ1v) is 10.4. The summed E-state index contributed by atoms with van der Waals surface area (Å²) in [5.41, 5.74) is 6.38. The van der Waals surface area contributed by atoms with Crippen LogP contribution in [0.2, 0.25) is 0 Å². The molecule has 164 valence electrons. The van der Waals surface area contributed by atoms with Crippen molar-refractivity contribution in [2.75, 3.05) is 13.2 Å². The molecule has 2 atom stereocenters. The fraction of sp³-hybridized carbons (Fsp3) is 0.304. The van der Waals surface area contributed by atoms with Gasteiger partial charge >= 0.3 is 5.97 Å². The van der Waals surface area contributed by atoms with Crippen molar-refractivity contribution < 1.29 is 19.5 Å². The number of rotatable bonds is 5. The van der Waals surface area contributed by atoms with E-state index in [0.717, 1.165) is 16.5 Å². The van der Waals surface area contributed by atoms with Crippen LogP contribution in [-0.2, 0) is 26.5 Å². The zero-order valence-electron chi connectivity index (χ0n) is 17.4. The van der Waals surface area contributed by atoms with E-state index in [4.69, 9.17) is 20.3 Å². The Hall–Kier alpha value is -3.56. The van der Waals surface area contributed by atoms with E-state index >= 15 is 0 Å². The lowest BCUT2D eigenvalue weighted by molar-refractivity contribution is -0.173. The number of aromatic nitrogens is 2. The van der Waals surface area contributed by atoms with E-state index in [2.05, 4.69) is 5.16 Å². The normalized spacial score (nSPS) is 21.3. The zero-order valence-corrected chi connectivity index (χ0v) is 17.4. The van der Waals surface area contributed by atoms with Gasteiger partial charge in [-0.15, -0.1) is 0 Å². The fourth-order valence-corrected chi connectivity index (χ4v) is 4.33. The lowest BCUT2D eigenvalue weighted by Crippen LogP contribution is -2.46. The van der Waals surface area contributed by atoms with Crippen LogP contribution in [0.15, 0.2) is 46.3 Å². The Balaban J connectivity index is 1.71. The maximum atomic E-state index is 13.6. The number of hydrogen-bond acceptors (Lipinski definition) is 8. The molecule has 4 heterocycles. The topological polar surface area (TPSA) is 129 Å². The molecule has 0 aliphatic carbocycles. The Kier molecular flexibility index (Phi) is 4.79. The van der Waals surface area contributed by atoms with Gasteiger partial charge in [-0.25, -0.2) is 9.78 Å². The largest absolute Gasteiger partial charge is 0.449 e. The van der Waals surface area contributed by atoms with E-state index < -0.39 is 17.7 Å². The molecule has 5 rings (SSSR count). The third-order valence-corrected chi connectivity index (χ3v) is 6.00. The van der Waals surface area contributed by atoms with Crippen molar-refractivity contribution in [3.8, 4) is 11.4 Å². The fourth-order valence-electron chi connectivity index (χ4n) is 4.33. The van der Waals surface area contributed by atoms with E-state index in [1.54, 1.807) is 17.6 Å². The predicted octanol–water partition coefficient (Wildman–Crippen LogP) is 1.58. The maximum absolute atomic E-state index is 13.6. The van der Waals surface area contributed by atoms with Gasteiger partial charge in [0.2, 0.25) is 0 Å². The first-order chi connectivity index (χ1) is 15.5. The van der Waals surface area contributed by atoms with E-state index in [-0.39, 0.29) is 36.3 Å². The Bertz CT molecular complexity index is 1330. The van der Waals surface area contributed by atoms with E-state index in [0.29, 0.717) is 17.9 Å². The third kappa shape index (κ3) is 2.93. The molecule has 3 N–H and O–H groups in total. The number of oxime groups is 1. The summed E-state index contributed by atoms with van der Waals surface area (Å²) in [6.07, 6.45) is 0.209. The molecule has 32 heavy (non-hydrogen) atoms. The molecule has 0 spiro atoms. The summed E-state index contributed by atoms with van der Waals surface area (Å²) < 4.78 is 6.99. The monoisotopic (exact) mass is 434 g/mol. The molecule has 2 aliphatic rings. The van der Waals surface area contributed by atoms with Crippen LogP contribution in [0.4, 0.5) is 0 Å². The number of aliphatic hydroxyl groups is 1. The molecular weight excluding hydrogens is 412 g/mol. The Labute approximate surface area is 183 Å². The van der Waals surface area contributed by atoms with Crippen LogP contribution in [-0.4, -0.2) is 40.0 Å². The molecule has 2 aliphatic heterocycles. The standard InChI is InChI=1S/C23H22N4O5/c1-2-23(30)15-10-17-20-14(9-13-5-3-4-6-16(13)26-20)12-27(17)21(28)19(15)18(32-22(23)29)11-25-31-8-7-24/h3-6,9-11,18,30H,2,7-8,12,24H2,1H3/b25-11+/t18?,23-/m0/s1. The molecule has 3 aromatic rings. The molecule has 9 nitrogen and oxygen atoms in total. The van der Waals surface area contributed by atoms with Crippen LogP contribution < -0.4 is 11.3 Å². The summed E-state index contributed by atoms with van der Waals surface area (Å²) in [6, 6.07) is 11.4. The first kappa shape index (κ1) is 20.3. The molecule has 2 aromatic heterocycles. The Morgan fingerprint density at radius 2 is 2.19 bits per heavy atom.